The van der Waals surface area contributed by atoms with E-state index in [4.69, 9.17) is 11.5 Å². The molecule has 11 heavy (non-hydrogen) atoms. The molecule has 0 spiro atoms. The Labute approximate surface area is 69.4 Å². The van der Waals surface area contributed by atoms with Gasteiger partial charge in [0.05, 0.1) is 5.56 Å². The van der Waals surface area contributed by atoms with E-state index in [1.165, 1.54) is 0 Å². The van der Waals surface area contributed by atoms with Gasteiger partial charge in [-0.05, 0) is 23.1 Å². The SMILES string of the molecule is NC(=O)c1ccccc1N.[SiH4]. The molecule has 1 aromatic rings. The zero-order valence-corrected chi connectivity index (χ0v) is 5.37. The van der Waals surface area contributed by atoms with Gasteiger partial charge in [-0.25, -0.2) is 0 Å². The molecule has 0 aromatic heterocycles. The lowest BCUT2D eigenvalue weighted by molar-refractivity contribution is 0.100. The highest BCUT2D eigenvalue weighted by atomic mass is 28.1. The Hall–Kier alpha value is -1.29. The summed E-state index contributed by atoms with van der Waals surface area (Å²) < 4.78 is 0. The zero-order valence-electron chi connectivity index (χ0n) is 5.37. The smallest absolute Gasteiger partial charge is 0.250 e. The van der Waals surface area contributed by atoms with Crippen LogP contribution in [-0.4, -0.2) is 16.9 Å². The molecule has 0 aliphatic heterocycles. The summed E-state index contributed by atoms with van der Waals surface area (Å²) in [6, 6.07) is 6.70. The van der Waals surface area contributed by atoms with E-state index >= 15 is 0 Å². The average Bonchev–Trinajstić information content (AvgIpc) is 1.88. The number of benzene rings is 1. The predicted octanol–water partition coefficient (Wildman–Crippen LogP) is -1.08. The van der Waals surface area contributed by atoms with Crippen molar-refractivity contribution >= 4 is 22.6 Å². The number of carbonyl (C=O) groups is 1. The summed E-state index contributed by atoms with van der Waals surface area (Å²) in [4.78, 5) is 10.6. The molecular formula is C7H12N2OSi. The minimum atomic E-state index is -0.488. The molecular weight excluding hydrogens is 156 g/mol. The van der Waals surface area contributed by atoms with E-state index in [0.29, 0.717) is 11.3 Å². The van der Waals surface area contributed by atoms with Crippen LogP contribution in [0.15, 0.2) is 24.3 Å². The fraction of sp³-hybridized carbons (Fsp3) is 0. The maximum atomic E-state index is 10.6. The number of para-hydroxylation sites is 1. The van der Waals surface area contributed by atoms with E-state index in [0.717, 1.165) is 0 Å². The van der Waals surface area contributed by atoms with Crippen LogP contribution in [0, 0.1) is 0 Å². The normalized spacial score (nSPS) is 8.36. The Bertz CT molecular complexity index is 262. The van der Waals surface area contributed by atoms with Crippen molar-refractivity contribution in [2.75, 3.05) is 5.73 Å². The van der Waals surface area contributed by atoms with E-state index in [1.807, 2.05) is 0 Å². The van der Waals surface area contributed by atoms with Gasteiger partial charge < -0.3 is 11.5 Å². The van der Waals surface area contributed by atoms with Crippen molar-refractivity contribution in [2.45, 2.75) is 0 Å². The number of nitrogen functional groups attached to an aromatic ring is 1. The summed E-state index contributed by atoms with van der Waals surface area (Å²) in [5, 5.41) is 0. The second-order valence-electron chi connectivity index (χ2n) is 1.95. The van der Waals surface area contributed by atoms with Crippen LogP contribution >= 0.6 is 0 Å². The van der Waals surface area contributed by atoms with Crippen molar-refractivity contribution in [3.63, 3.8) is 0 Å². The first-order valence-corrected chi connectivity index (χ1v) is 2.86. The third-order valence-corrected chi connectivity index (χ3v) is 1.23. The second-order valence-corrected chi connectivity index (χ2v) is 1.95. The van der Waals surface area contributed by atoms with Gasteiger partial charge in [0.15, 0.2) is 0 Å². The molecule has 0 saturated carbocycles. The molecule has 0 radical (unpaired) electrons. The van der Waals surface area contributed by atoms with Gasteiger partial charge in [-0.2, -0.15) is 0 Å². The Morgan fingerprint density at radius 2 is 1.82 bits per heavy atom. The van der Waals surface area contributed by atoms with Crippen molar-refractivity contribution in [1.29, 1.82) is 0 Å². The van der Waals surface area contributed by atoms with Crippen molar-refractivity contribution in [1.82, 2.24) is 0 Å². The van der Waals surface area contributed by atoms with Gasteiger partial charge in [-0.3, -0.25) is 4.79 Å². The molecule has 4 N–H and O–H groups in total. The molecule has 0 heterocycles. The van der Waals surface area contributed by atoms with Crippen LogP contribution in [0.25, 0.3) is 0 Å². The predicted molar refractivity (Wildman–Crippen MR) is 50.7 cm³/mol. The maximum absolute atomic E-state index is 10.6. The highest BCUT2D eigenvalue weighted by molar-refractivity contribution is 5.97. The molecule has 3 nitrogen and oxygen atoms in total. The average molecular weight is 168 g/mol. The molecule has 0 fully saturated rings. The van der Waals surface area contributed by atoms with Crippen molar-refractivity contribution in [3.8, 4) is 0 Å². The first kappa shape index (κ1) is 9.71. The summed E-state index contributed by atoms with van der Waals surface area (Å²) >= 11 is 0. The zero-order chi connectivity index (χ0) is 7.56. The summed E-state index contributed by atoms with van der Waals surface area (Å²) in [5.41, 5.74) is 11.2. The highest BCUT2D eigenvalue weighted by Crippen LogP contribution is 2.08. The third-order valence-electron chi connectivity index (χ3n) is 1.23. The van der Waals surface area contributed by atoms with E-state index < -0.39 is 5.91 Å². The molecule has 1 rings (SSSR count). The van der Waals surface area contributed by atoms with Gasteiger partial charge in [0.2, 0.25) is 0 Å². The van der Waals surface area contributed by atoms with Crippen LogP contribution in [0.2, 0.25) is 0 Å². The van der Waals surface area contributed by atoms with Crippen LogP contribution in [0.5, 0.6) is 0 Å². The quantitative estimate of drug-likeness (QED) is 0.413. The molecule has 0 unspecified atom stereocenters. The van der Waals surface area contributed by atoms with E-state index in [2.05, 4.69) is 0 Å². The van der Waals surface area contributed by atoms with Gasteiger partial charge in [-0.1, -0.05) is 12.1 Å². The largest absolute Gasteiger partial charge is 0.398 e. The molecule has 4 heteroatoms. The molecule has 1 aromatic carbocycles. The molecule has 0 bridgehead atoms. The second kappa shape index (κ2) is 3.77. The summed E-state index contributed by atoms with van der Waals surface area (Å²) in [6.07, 6.45) is 0. The van der Waals surface area contributed by atoms with Crippen molar-refractivity contribution in [3.05, 3.63) is 29.8 Å². The number of carbonyl (C=O) groups excluding carboxylic acids is 1. The molecule has 0 atom stereocenters. The lowest BCUT2D eigenvalue weighted by Crippen LogP contribution is -2.12. The van der Waals surface area contributed by atoms with Crippen LogP contribution in [0.4, 0.5) is 5.69 Å². The maximum Gasteiger partial charge on any atom is 0.250 e. The van der Waals surface area contributed by atoms with Crippen molar-refractivity contribution in [2.24, 2.45) is 5.73 Å². The van der Waals surface area contributed by atoms with Gasteiger partial charge in [0.1, 0.15) is 0 Å². The standard InChI is InChI=1S/C7H8N2O.H4Si/c8-6-4-2-1-3-5(6)7(9)10;/h1-4H,8H2,(H2,9,10);1H4. The minimum Gasteiger partial charge on any atom is -0.398 e. The monoisotopic (exact) mass is 168 g/mol. The first-order valence-electron chi connectivity index (χ1n) is 2.86. The Morgan fingerprint density at radius 3 is 2.18 bits per heavy atom. The van der Waals surface area contributed by atoms with Crippen LogP contribution < -0.4 is 11.5 Å². The number of nitrogens with two attached hydrogens (primary N) is 2. The molecule has 0 saturated heterocycles. The van der Waals surface area contributed by atoms with E-state index in [-0.39, 0.29) is 11.0 Å². The van der Waals surface area contributed by atoms with Gasteiger partial charge in [0.25, 0.3) is 5.91 Å². The first-order chi connectivity index (χ1) is 4.72. The summed E-state index contributed by atoms with van der Waals surface area (Å²) in [5.74, 6) is -0.488. The number of anilines is 1. The summed E-state index contributed by atoms with van der Waals surface area (Å²) in [7, 11) is 0. The van der Waals surface area contributed by atoms with Gasteiger partial charge >= 0.3 is 0 Å². The highest BCUT2D eigenvalue weighted by Gasteiger charge is 2.01. The number of primary amides is 1. The van der Waals surface area contributed by atoms with Crippen LogP contribution in [0.1, 0.15) is 10.4 Å². The Kier molecular flexibility index (Phi) is 3.33. The molecule has 0 aliphatic rings. The van der Waals surface area contributed by atoms with Gasteiger partial charge in [0, 0.05) is 5.69 Å². The lowest BCUT2D eigenvalue weighted by Gasteiger charge is -1.97. The molecule has 0 aliphatic carbocycles. The number of hydrogen-bond acceptors (Lipinski definition) is 2. The lowest BCUT2D eigenvalue weighted by atomic mass is 10.2. The van der Waals surface area contributed by atoms with Crippen LogP contribution in [0.3, 0.4) is 0 Å². The fourth-order valence-corrected chi connectivity index (χ4v) is 0.721. The topological polar surface area (TPSA) is 69.1 Å². The summed E-state index contributed by atoms with van der Waals surface area (Å²) in [6.45, 7) is 0. The van der Waals surface area contributed by atoms with Crippen molar-refractivity contribution < 1.29 is 4.79 Å². The number of hydrogen-bond donors (Lipinski definition) is 2. The molecule has 60 valence electrons. The molecule has 1 amide bonds. The van der Waals surface area contributed by atoms with E-state index in [9.17, 15) is 4.79 Å². The van der Waals surface area contributed by atoms with Gasteiger partial charge in [-0.15, -0.1) is 0 Å². The van der Waals surface area contributed by atoms with Crippen LogP contribution in [-0.2, 0) is 0 Å². The Morgan fingerprint density at radius 1 is 1.27 bits per heavy atom. The van der Waals surface area contributed by atoms with E-state index in [1.54, 1.807) is 24.3 Å². The number of amides is 1. The third kappa shape index (κ3) is 2.08. The fourth-order valence-electron chi connectivity index (χ4n) is 0.721. The minimum absolute atomic E-state index is 0. The Balaban J connectivity index is 0.000001000. The number of rotatable bonds is 1.